The monoisotopic (exact) mass is 201 g/mol. The van der Waals surface area contributed by atoms with Crippen molar-refractivity contribution in [3.05, 3.63) is 0 Å². The molecule has 1 atom stereocenters. The number of aliphatic hydroxyl groups excluding tert-OH is 1. The molecule has 1 fully saturated rings. The molecule has 1 saturated heterocycles. The maximum absolute atomic E-state index is 9.44. The zero-order valence-corrected chi connectivity index (χ0v) is 9.38. The van der Waals surface area contributed by atoms with Crippen molar-refractivity contribution < 1.29 is 9.84 Å². The third-order valence-electron chi connectivity index (χ3n) is 3.03. The van der Waals surface area contributed by atoms with Crippen LogP contribution in [0.15, 0.2) is 0 Å². The van der Waals surface area contributed by atoms with Gasteiger partial charge in [0.05, 0.1) is 6.61 Å². The van der Waals surface area contributed by atoms with E-state index in [9.17, 15) is 5.11 Å². The smallest absolute Gasteiger partial charge is 0.0615 e. The molecular formula is C11H23NO2. The van der Waals surface area contributed by atoms with Gasteiger partial charge in [-0.2, -0.15) is 0 Å². The van der Waals surface area contributed by atoms with Gasteiger partial charge in [-0.15, -0.1) is 0 Å². The van der Waals surface area contributed by atoms with E-state index in [2.05, 4.69) is 19.2 Å². The topological polar surface area (TPSA) is 41.5 Å². The van der Waals surface area contributed by atoms with Gasteiger partial charge in [-0.25, -0.2) is 0 Å². The molecule has 14 heavy (non-hydrogen) atoms. The molecule has 1 aliphatic heterocycles. The molecule has 0 aromatic carbocycles. The Morgan fingerprint density at radius 1 is 1.43 bits per heavy atom. The van der Waals surface area contributed by atoms with Gasteiger partial charge < -0.3 is 15.2 Å². The Morgan fingerprint density at radius 3 is 2.57 bits per heavy atom. The summed E-state index contributed by atoms with van der Waals surface area (Å²) in [6.45, 7) is 6.15. The number of nitrogens with one attached hydrogen (secondary N) is 1. The second-order valence-corrected chi connectivity index (χ2v) is 4.38. The van der Waals surface area contributed by atoms with E-state index < -0.39 is 0 Å². The molecule has 0 radical (unpaired) electrons. The normalized spacial score (nSPS) is 23.4. The van der Waals surface area contributed by atoms with Crippen LogP contribution in [0.4, 0.5) is 0 Å². The Labute approximate surface area is 86.8 Å². The fraction of sp³-hybridized carbons (Fsp3) is 1.00. The summed E-state index contributed by atoms with van der Waals surface area (Å²) in [6, 6.07) is 0.491. The van der Waals surface area contributed by atoms with Gasteiger partial charge >= 0.3 is 0 Å². The van der Waals surface area contributed by atoms with E-state index in [4.69, 9.17) is 4.74 Å². The lowest BCUT2D eigenvalue weighted by Gasteiger charge is -2.38. The van der Waals surface area contributed by atoms with Crippen molar-refractivity contribution in [2.24, 2.45) is 0 Å². The van der Waals surface area contributed by atoms with Gasteiger partial charge in [-0.1, -0.05) is 13.3 Å². The fourth-order valence-electron chi connectivity index (χ4n) is 2.14. The minimum absolute atomic E-state index is 0.0766. The van der Waals surface area contributed by atoms with E-state index in [1.165, 1.54) is 12.8 Å². The Morgan fingerprint density at radius 2 is 2.07 bits per heavy atom. The van der Waals surface area contributed by atoms with Crippen LogP contribution in [0, 0.1) is 0 Å². The van der Waals surface area contributed by atoms with Crippen LogP contribution in [0.1, 0.15) is 39.5 Å². The highest BCUT2D eigenvalue weighted by atomic mass is 16.5. The third kappa shape index (κ3) is 3.23. The summed E-state index contributed by atoms with van der Waals surface area (Å²) in [5.41, 5.74) is -0.0766. The molecule has 0 aromatic heterocycles. The predicted octanol–water partition coefficient (Wildman–Crippen LogP) is 1.31. The molecule has 0 amide bonds. The van der Waals surface area contributed by atoms with E-state index in [1.54, 1.807) is 0 Å². The van der Waals surface area contributed by atoms with Gasteiger partial charge in [-0.05, 0) is 26.2 Å². The van der Waals surface area contributed by atoms with Gasteiger partial charge in [0.25, 0.3) is 0 Å². The minimum atomic E-state index is -0.0766. The van der Waals surface area contributed by atoms with Crippen molar-refractivity contribution >= 4 is 0 Å². The summed E-state index contributed by atoms with van der Waals surface area (Å²) in [5.74, 6) is 0. The van der Waals surface area contributed by atoms with Crippen LogP contribution in [0.3, 0.4) is 0 Å². The maximum Gasteiger partial charge on any atom is 0.0615 e. The first kappa shape index (κ1) is 12.0. The molecule has 0 aliphatic carbocycles. The highest BCUT2D eigenvalue weighted by Crippen LogP contribution is 2.21. The maximum atomic E-state index is 9.44. The van der Waals surface area contributed by atoms with Crippen molar-refractivity contribution in [1.82, 2.24) is 5.32 Å². The zero-order valence-electron chi connectivity index (χ0n) is 9.38. The lowest BCUT2D eigenvalue weighted by Crippen LogP contribution is -2.55. The molecule has 1 unspecified atom stereocenters. The van der Waals surface area contributed by atoms with Crippen LogP contribution < -0.4 is 5.32 Å². The lowest BCUT2D eigenvalue weighted by molar-refractivity contribution is 0.00707. The van der Waals surface area contributed by atoms with Gasteiger partial charge in [0.1, 0.15) is 0 Å². The second kappa shape index (κ2) is 5.69. The van der Waals surface area contributed by atoms with E-state index >= 15 is 0 Å². The molecule has 3 heteroatoms. The van der Waals surface area contributed by atoms with Gasteiger partial charge in [0.2, 0.25) is 0 Å². The first-order chi connectivity index (χ1) is 6.72. The quantitative estimate of drug-likeness (QED) is 0.704. The van der Waals surface area contributed by atoms with E-state index in [0.29, 0.717) is 6.04 Å². The highest BCUT2D eigenvalue weighted by molar-refractivity contribution is 4.91. The highest BCUT2D eigenvalue weighted by Gasteiger charge is 2.32. The van der Waals surface area contributed by atoms with Gasteiger partial charge in [0.15, 0.2) is 0 Å². The number of hydrogen-bond donors (Lipinski definition) is 2. The van der Waals surface area contributed by atoms with Crippen LogP contribution in [-0.2, 0) is 4.74 Å². The number of hydrogen-bond acceptors (Lipinski definition) is 3. The van der Waals surface area contributed by atoms with Gasteiger partial charge in [0, 0.05) is 24.8 Å². The van der Waals surface area contributed by atoms with Crippen LogP contribution in [0.25, 0.3) is 0 Å². The SMILES string of the molecule is CCCC(C)NC1(CO)CCOCC1. The summed E-state index contributed by atoms with van der Waals surface area (Å²) >= 11 is 0. The van der Waals surface area contributed by atoms with Crippen LogP contribution in [-0.4, -0.2) is 36.5 Å². The van der Waals surface area contributed by atoms with Crippen molar-refractivity contribution in [1.29, 1.82) is 0 Å². The number of rotatable bonds is 5. The van der Waals surface area contributed by atoms with Crippen molar-refractivity contribution in [3.8, 4) is 0 Å². The van der Waals surface area contributed by atoms with E-state index in [-0.39, 0.29) is 12.1 Å². The van der Waals surface area contributed by atoms with Crippen molar-refractivity contribution in [2.45, 2.75) is 51.1 Å². The fourth-order valence-corrected chi connectivity index (χ4v) is 2.14. The number of ether oxygens (including phenoxy) is 1. The zero-order chi connectivity index (χ0) is 10.4. The standard InChI is InChI=1S/C11H23NO2/c1-3-4-10(2)12-11(9-13)5-7-14-8-6-11/h10,12-13H,3-9H2,1-2H3. The molecule has 2 N–H and O–H groups in total. The minimum Gasteiger partial charge on any atom is -0.394 e. The molecule has 84 valence electrons. The van der Waals surface area contributed by atoms with Gasteiger partial charge in [-0.3, -0.25) is 0 Å². The summed E-state index contributed by atoms with van der Waals surface area (Å²) in [4.78, 5) is 0. The van der Waals surface area contributed by atoms with Crippen LogP contribution in [0.5, 0.6) is 0 Å². The average molecular weight is 201 g/mol. The molecule has 3 nitrogen and oxygen atoms in total. The molecular weight excluding hydrogens is 178 g/mol. The molecule has 0 saturated carbocycles. The summed E-state index contributed by atoms with van der Waals surface area (Å²) in [5, 5.41) is 13.0. The third-order valence-corrected chi connectivity index (χ3v) is 3.03. The van der Waals surface area contributed by atoms with Crippen molar-refractivity contribution in [2.75, 3.05) is 19.8 Å². The molecule has 0 aromatic rings. The van der Waals surface area contributed by atoms with Crippen molar-refractivity contribution in [3.63, 3.8) is 0 Å². The van der Waals surface area contributed by atoms with Crippen LogP contribution in [0.2, 0.25) is 0 Å². The lowest BCUT2D eigenvalue weighted by atomic mass is 9.89. The Bertz CT molecular complexity index is 155. The Kier molecular flexibility index (Phi) is 4.85. The second-order valence-electron chi connectivity index (χ2n) is 4.38. The van der Waals surface area contributed by atoms with E-state index in [0.717, 1.165) is 26.1 Å². The first-order valence-electron chi connectivity index (χ1n) is 5.69. The largest absolute Gasteiger partial charge is 0.394 e. The summed E-state index contributed by atoms with van der Waals surface area (Å²) < 4.78 is 5.32. The molecule has 1 aliphatic rings. The molecule has 0 spiro atoms. The molecule has 1 heterocycles. The van der Waals surface area contributed by atoms with Crippen LogP contribution >= 0.6 is 0 Å². The molecule has 0 bridgehead atoms. The Balaban J connectivity index is 2.42. The first-order valence-corrected chi connectivity index (χ1v) is 5.69. The Hall–Kier alpha value is -0.120. The summed E-state index contributed by atoms with van der Waals surface area (Å²) in [7, 11) is 0. The molecule has 1 rings (SSSR count). The summed E-state index contributed by atoms with van der Waals surface area (Å²) in [6.07, 6.45) is 4.21. The van der Waals surface area contributed by atoms with E-state index in [1.807, 2.05) is 0 Å². The average Bonchev–Trinajstić information content (AvgIpc) is 2.19. The predicted molar refractivity (Wildman–Crippen MR) is 57.4 cm³/mol. The number of aliphatic hydroxyl groups is 1.